The summed E-state index contributed by atoms with van der Waals surface area (Å²) < 4.78 is 10.5. The molecular weight excluding hydrogens is 350 g/mol. The third-order valence-corrected chi connectivity index (χ3v) is 3.64. The Kier molecular flexibility index (Phi) is 6.76. The van der Waals surface area contributed by atoms with Crippen LogP contribution in [0, 0.1) is 0 Å². The molecule has 2 aromatic carbocycles. The van der Waals surface area contributed by atoms with Crippen molar-refractivity contribution in [2.45, 2.75) is 0 Å². The lowest BCUT2D eigenvalue weighted by atomic mass is 10.2. The van der Waals surface area contributed by atoms with E-state index < -0.39 is 5.91 Å². The van der Waals surface area contributed by atoms with Gasteiger partial charge in [-0.05, 0) is 30.3 Å². The van der Waals surface area contributed by atoms with Gasteiger partial charge in [-0.25, -0.2) is 0 Å². The molecule has 3 N–H and O–H groups in total. The zero-order valence-corrected chi connectivity index (χ0v) is 15.1. The van der Waals surface area contributed by atoms with Crippen LogP contribution in [0.3, 0.4) is 0 Å². The van der Waals surface area contributed by atoms with Gasteiger partial charge in [-0.2, -0.15) is 0 Å². The summed E-state index contributed by atoms with van der Waals surface area (Å²) in [5.74, 6) is -0.370. The smallest absolute Gasteiger partial charge is 0.260 e. The largest absolute Gasteiger partial charge is 0.497 e. The zero-order valence-electron chi connectivity index (χ0n) is 15.1. The number of carbonyl (C=O) groups excluding carboxylic acids is 3. The first kappa shape index (κ1) is 19.8. The number of benzene rings is 2. The topological polar surface area (TPSA) is 111 Å². The molecule has 0 aliphatic carbocycles. The van der Waals surface area contributed by atoms with Crippen LogP contribution in [0.4, 0.5) is 5.69 Å². The predicted octanol–water partition coefficient (Wildman–Crippen LogP) is 1.27. The number of likely N-dealkylation sites (N-methyl/N-ethyl adjacent to an activating group) is 1. The number of primary amides is 1. The van der Waals surface area contributed by atoms with Gasteiger partial charge in [0, 0.05) is 24.4 Å². The molecule has 142 valence electrons. The van der Waals surface area contributed by atoms with Crippen LogP contribution in [0.2, 0.25) is 0 Å². The Morgan fingerprint density at radius 3 is 2.48 bits per heavy atom. The number of nitrogens with one attached hydrogen (secondary N) is 1. The maximum absolute atomic E-state index is 12.1. The number of methoxy groups -OCH3 is 1. The van der Waals surface area contributed by atoms with Crippen molar-refractivity contribution in [3.8, 4) is 11.5 Å². The first-order valence-electron chi connectivity index (χ1n) is 8.09. The molecule has 27 heavy (non-hydrogen) atoms. The van der Waals surface area contributed by atoms with E-state index in [9.17, 15) is 14.4 Å². The van der Waals surface area contributed by atoms with Gasteiger partial charge in [-0.15, -0.1) is 0 Å². The van der Waals surface area contributed by atoms with Gasteiger partial charge >= 0.3 is 0 Å². The summed E-state index contributed by atoms with van der Waals surface area (Å²) in [5.41, 5.74) is 6.05. The summed E-state index contributed by atoms with van der Waals surface area (Å²) in [6, 6.07) is 13.1. The van der Waals surface area contributed by atoms with Crippen LogP contribution < -0.4 is 20.5 Å². The quantitative estimate of drug-likeness (QED) is 0.726. The van der Waals surface area contributed by atoms with E-state index in [1.165, 1.54) is 25.1 Å². The van der Waals surface area contributed by atoms with E-state index in [2.05, 4.69) is 5.32 Å². The minimum absolute atomic E-state index is 0.138. The van der Waals surface area contributed by atoms with Crippen molar-refractivity contribution in [1.82, 2.24) is 4.90 Å². The van der Waals surface area contributed by atoms with Gasteiger partial charge in [-0.3, -0.25) is 14.4 Å². The Morgan fingerprint density at radius 1 is 1.07 bits per heavy atom. The number of amides is 3. The number of carbonyl (C=O) groups is 3. The predicted molar refractivity (Wildman–Crippen MR) is 99.7 cm³/mol. The fourth-order valence-corrected chi connectivity index (χ4v) is 2.20. The molecule has 0 aliphatic heterocycles. The lowest BCUT2D eigenvalue weighted by Crippen LogP contribution is -2.37. The number of anilines is 1. The summed E-state index contributed by atoms with van der Waals surface area (Å²) in [4.78, 5) is 36.6. The van der Waals surface area contributed by atoms with Crippen LogP contribution in [0.15, 0.2) is 48.5 Å². The van der Waals surface area contributed by atoms with Gasteiger partial charge in [0.05, 0.1) is 13.7 Å². The normalized spacial score (nSPS) is 10.0. The maximum Gasteiger partial charge on any atom is 0.260 e. The molecule has 0 aromatic heterocycles. The Morgan fingerprint density at radius 2 is 1.78 bits per heavy atom. The van der Waals surface area contributed by atoms with Crippen molar-refractivity contribution >= 4 is 23.4 Å². The zero-order chi connectivity index (χ0) is 19.8. The van der Waals surface area contributed by atoms with E-state index in [-0.39, 0.29) is 30.5 Å². The van der Waals surface area contributed by atoms with E-state index in [0.717, 1.165) is 0 Å². The Balaban J connectivity index is 1.84. The monoisotopic (exact) mass is 371 g/mol. The molecule has 0 spiro atoms. The fourth-order valence-electron chi connectivity index (χ4n) is 2.20. The Bertz CT molecular complexity index is 838. The number of nitrogens with zero attached hydrogens (tertiary/aromatic N) is 1. The first-order chi connectivity index (χ1) is 12.9. The summed E-state index contributed by atoms with van der Waals surface area (Å²) >= 11 is 0. The Labute approximate surface area is 156 Å². The molecule has 0 atom stereocenters. The Hall–Kier alpha value is -3.55. The van der Waals surface area contributed by atoms with Gasteiger partial charge < -0.3 is 25.4 Å². The molecule has 0 radical (unpaired) electrons. The van der Waals surface area contributed by atoms with Gasteiger partial charge in [0.2, 0.25) is 11.8 Å². The highest BCUT2D eigenvalue weighted by molar-refractivity contribution is 5.95. The van der Waals surface area contributed by atoms with Crippen LogP contribution in [-0.4, -0.2) is 49.9 Å². The van der Waals surface area contributed by atoms with Gasteiger partial charge in [-0.1, -0.05) is 12.1 Å². The molecule has 0 aliphatic rings. The molecule has 8 heteroatoms. The standard InChI is InChI=1S/C19H21N3O5/c1-22(11-17(23)21-14-6-4-7-15(10-14)26-2)18(24)12-27-16-8-3-5-13(9-16)19(20)25/h3-10H,11-12H2,1-2H3,(H2,20,25)(H,21,23). The summed E-state index contributed by atoms with van der Waals surface area (Å²) in [6.45, 7) is -0.411. The van der Waals surface area contributed by atoms with Gasteiger partial charge in [0.1, 0.15) is 11.5 Å². The third-order valence-electron chi connectivity index (χ3n) is 3.64. The lowest BCUT2D eigenvalue weighted by molar-refractivity contribution is -0.135. The van der Waals surface area contributed by atoms with Crippen LogP contribution in [0.1, 0.15) is 10.4 Å². The minimum Gasteiger partial charge on any atom is -0.497 e. The number of hydrogen-bond acceptors (Lipinski definition) is 5. The van der Waals surface area contributed by atoms with Crippen molar-refractivity contribution < 1.29 is 23.9 Å². The molecule has 0 fully saturated rings. The number of ether oxygens (including phenoxy) is 2. The van der Waals surface area contributed by atoms with Crippen molar-refractivity contribution in [3.63, 3.8) is 0 Å². The van der Waals surface area contributed by atoms with Crippen LogP contribution in [0.5, 0.6) is 11.5 Å². The van der Waals surface area contributed by atoms with Crippen LogP contribution in [-0.2, 0) is 9.59 Å². The minimum atomic E-state index is -0.585. The second-order valence-corrected chi connectivity index (χ2v) is 5.71. The average Bonchev–Trinajstić information content (AvgIpc) is 2.66. The number of rotatable bonds is 8. The second kappa shape index (κ2) is 9.23. The average molecular weight is 371 g/mol. The highest BCUT2D eigenvalue weighted by Gasteiger charge is 2.14. The molecule has 0 saturated carbocycles. The third kappa shape index (κ3) is 6.03. The van der Waals surface area contributed by atoms with Crippen LogP contribution >= 0.6 is 0 Å². The summed E-state index contributed by atoms with van der Waals surface area (Å²) in [7, 11) is 3.03. The molecular formula is C19H21N3O5. The fraction of sp³-hybridized carbons (Fsp3) is 0.211. The van der Waals surface area contributed by atoms with Crippen molar-refractivity contribution in [1.29, 1.82) is 0 Å². The van der Waals surface area contributed by atoms with E-state index in [0.29, 0.717) is 17.2 Å². The maximum atomic E-state index is 12.1. The molecule has 8 nitrogen and oxygen atoms in total. The van der Waals surface area contributed by atoms with Gasteiger partial charge in [0.15, 0.2) is 6.61 Å². The number of nitrogens with two attached hydrogens (primary N) is 1. The van der Waals surface area contributed by atoms with Crippen LogP contribution in [0.25, 0.3) is 0 Å². The molecule has 0 unspecified atom stereocenters. The highest BCUT2D eigenvalue weighted by atomic mass is 16.5. The second-order valence-electron chi connectivity index (χ2n) is 5.71. The van der Waals surface area contributed by atoms with E-state index in [4.69, 9.17) is 15.2 Å². The van der Waals surface area contributed by atoms with Crippen molar-refractivity contribution in [2.24, 2.45) is 5.73 Å². The summed E-state index contributed by atoms with van der Waals surface area (Å²) in [5, 5.41) is 2.69. The van der Waals surface area contributed by atoms with Crippen molar-refractivity contribution in [3.05, 3.63) is 54.1 Å². The van der Waals surface area contributed by atoms with E-state index >= 15 is 0 Å². The molecule has 0 saturated heterocycles. The molecule has 2 aromatic rings. The summed E-state index contributed by atoms with van der Waals surface area (Å²) in [6.07, 6.45) is 0. The SMILES string of the molecule is COc1cccc(NC(=O)CN(C)C(=O)COc2cccc(C(N)=O)c2)c1. The van der Waals surface area contributed by atoms with E-state index in [1.807, 2.05) is 0 Å². The van der Waals surface area contributed by atoms with E-state index in [1.54, 1.807) is 42.5 Å². The molecule has 0 bridgehead atoms. The molecule has 3 amide bonds. The van der Waals surface area contributed by atoms with Crippen molar-refractivity contribution in [2.75, 3.05) is 32.6 Å². The molecule has 0 heterocycles. The highest BCUT2D eigenvalue weighted by Crippen LogP contribution is 2.16. The first-order valence-corrected chi connectivity index (χ1v) is 8.09. The lowest BCUT2D eigenvalue weighted by Gasteiger charge is -2.17. The van der Waals surface area contributed by atoms with Gasteiger partial charge in [0.25, 0.3) is 5.91 Å². The number of hydrogen-bond donors (Lipinski definition) is 2. The molecule has 2 rings (SSSR count).